The third-order valence-corrected chi connectivity index (χ3v) is 1.43. The normalized spacial score (nSPS) is 11.7. The van der Waals surface area contributed by atoms with E-state index in [0.29, 0.717) is 5.88 Å². The summed E-state index contributed by atoms with van der Waals surface area (Å²) in [5.74, 6) is 0.632. The average molecular weight is 145 g/mol. The first-order valence-corrected chi connectivity index (χ1v) is 3.56. The Morgan fingerprint density at radius 3 is 2.44 bits per heavy atom. The summed E-state index contributed by atoms with van der Waals surface area (Å²) in [5.41, 5.74) is 2.40. The Kier molecular flexibility index (Phi) is 4.51. The Bertz CT molecular complexity index is 123. The zero-order valence-electron chi connectivity index (χ0n) is 6.08. The van der Waals surface area contributed by atoms with Crippen molar-refractivity contribution in [2.24, 2.45) is 0 Å². The number of rotatable bonds is 3. The Morgan fingerprint density at radius 1 is 1.56 bits per heavy atom. The molecule has 52 valence electrons. The molecule has 0 unspecified atom stereocenters. The fourth-order valence-electron chi connectivity index (χ4n) is 0.403. The highest BCUT2D eigenvalue weighted by atomic mass is 35.5. The molecular weight excluding hydrogens is 132 g/mol. The second-order valence-corrected chi connectivity index (χ2v) is 2.61. The maximum Gasteiger partial charge on any atom is 0.0430 e. The van der Waals surface area contributed by atoms with Crippen molar-refractivity contribution in [1.29, 1.82) is 0 Å². The summed E-state index contributed by atoms with van der Waals surface area (Å²) in [4.78, 5) is 0. The summed E-state index contributed by atoms with van der Waals surface area (Å²) in [6, 6.07) is 0. The fourth-order valence-corrected chi connectivity index (χ4v) is 0.512. The molecule has 9 heavy (non-hydrogen) atoms. The van der Waals surface area contributed by atoms with E-state index in [1.807, 2.05) is 13.8 Å². The fraction of sp³-hybridized carbons (Fsp3) is 0.500. The highest BCUT2D eigenvalue weighted by Gasteiger charge is 1.84. The second kappa shape index (κ2) is 4.63. The predicted molar refractivity (Wildman–Crippen MR) is 43.9 cm³/mol. The first-order valence-electron chi connectivity index (χ1n) is 3.02. The molecule has 0 heterocycles. The molecule has 0 aromatic heterocycles. The van der Waals surface area contributed by atoms with Gasteiger partial charge in [0.15, 0.2) is 0 Å². The molecule has 0 aliphatic rings. The Labute approximate surface area is 62.2 Å². The summed E-state index contributed by atoms with van der Waals surface area (Å²) in [5, 5.41) is 0. The lowest BCUT2D eigenvalue weighted by Gasteiger charge is -1.93. The van der Waals surface area contributed by atoms with Gasteiger partial charge in [-0.05, 0) is 20.3 Å². The molecule has 0 N–H and O–H groups in total. The molecule has 0 saturated carbocycles. The van der Waals surface area contributed by atoms with Crippen molar-refractivity contribution in [1.82, 2.24) is 0 Å². The van der Waals surface area contributed by atoms with Gasteiger partial charge in [-0.3, -0.25) is 0 Å². The van der Waals surface area contributed by atoms with Gasteiger partial charge in [0, 0.05) is 5.88 Å². The quantitative estimate of drug-likeness (QED) is 0.422. The summed E-state index contributed by atoms with van der Waals surface area (Å²) in [6.07, 6.45) is 3.06. The SMILES string of the molecule is C=C(C)CC=C(C)CCl. The summed E-state index contributed by atoms with van der Waals surface area (Å²) in [6.45, 7) is 7.81. The summed E-state index contributed by atoms with van der Waals surface area (Å²) in [7, 11) is 0. The van der Waals surface area contributed by atoms with Crippen LogP contribution in [0.2, 0.25) is 0 Å². The molecule has 0 nitrogen and oxygen atoms in total. The molecular formula is C8H13Cl. The smallest absolute Gasteiger partial charge is 0.0430 e. The van der Waals surface area contributed by atoms with E-state index in [2.05, 4.69) is 12.7 Å². The molecule has 0 bridgehead atoms. The maximum atomic E-state index is 5.54. The minimum atomic E-state index is 0.632. The largest absolute Gasteiger partial charge is 0.122 e. The Hall–Kier alpha value is -0.230. The van der Waals surface area contributed by atoms with Gasteiger partial charge in [-0.2, -0.15) is 0 Å². The van der Waals surface area contributed by atoms with Gasteiger partial charge >= 0.3 is 0 Å². The van der Waals surface area contributed by atoms with E-state index >= 15 is 0 Å². The van der Waals surface area contributed by atoms with E-state index in [4.69, 9.17) is 11.6 Å². The number of hydrogen-bond acceptors (Lipinski definition) is 0. The van der Waals surface area contributed by atoms with Gasteiger partial charge in [-0.1, -0.05) is 23.8 Å². The first kappa shape index (κ1) is 8.77. The average Bonchev–Trinajstić information content (AvgIpc) is 1.83. The van der Waals surface area contributed by atoms with Crippen LogP contribution in [0.1, 0.15) is 20.3 Å². The molecule has 1 heteroatoms. The van der Waals surface area contributed by atoms with Gasteiger partial charge in [-0.25, -0.2) is 0 Å². The van der Waals surface area contributed by atoms with Crippen LogP contribution in [0.25, 0.3) is 0 Å². The molecule has 0 fully saturated rings. The van der Waals surface area contributed by atoms with Crippen molar-refractivity contribution in [3.63, 3.8) is 0 Å². The van der Waals surface area contributed by atoms with Crippen molar-refractivity contribution in [3.05, 3.63) is 23.8 Å². The van der Waals surface area contributed by atoms with Crippen molar-refractivity contribution >= 4 is 11.6 Å². The molecule has 0 aromatic carbocycles. The minimum absolute atomic E-state index is 0.632. The van der Waals surface area contributed by atoms with Crippen LogP contribution in [0.5, 0.6) is 0 Å². The highest BCUT2D eigenvalue weighted by Crippen LogP contribution is 2.02. The van der Waals surface area contributed by atoms with Crippen LogP contribution >= 0.6 is 11.6 Å². The van der Waals surface area contributed by atoms with Gasteiger partial charge < -0.3 is 0 Å². The van der Waals surface area contributed by atoms with Gasteiger partial charge in [0.25, 0.3) is 0 Å². The number of hydrogen-bond donors (Lipinski definition) is 0. The van der Waals surface area contributed by atoms with Crippen LogP contribution < -0.4 is 0 Å². The number of alkyl halides is 1. The van der Waals surface area contributed by atoms with E-state index in [1.54, 1.807) is 0 Å². The molecule has 0 aromatic rings. The minimum Gasteiger partial charge on any atom is -0.122 e. The maximum absolute atomic E-state index is 5.54. The van der Waals surface area contributed by atoms with Crippen molar-refractivity contribution < 1.29 is 0 Å². The monoisotopic (exact) mass is 144 g/mol. The van der Waals surface area contributed by atoms with Crippen LogP contribution in [0.15, 0.2) is 23.8 Å². The molecule has 0 rings (SSSR count). The molecule has 0 atom stereocenters. The zero-order chi connectivity index (χ0) is 7.28. The molecule has 0 amide bonds. The van der Waals surface area contributed by atoms with Gasteiger partial charge in [0.1, 0.15) is 0 Å². The zero-order valence-corrected chi connectivity index (χ0v) is 6.83. The van der Waals surface area contributed by atoms with Crippen LogP contribution in [0, 0.1) is 0 Å². The van der Waals surface area contributed by atoms with E-state index < -0.39 is 0 Å². The van der Waals surface area contributed by atoms with Crippen LogP contribution in [0.3, 0.4) is 0 Å². The first-order chi connectivity index (χ1) is 4.16. The lowest BCUT2D eigenvalue weighted by atomic mass is 10.2. The van der Waals surface area contributed by atoms with Crippen LogP contribution in [0.4, 0.5) is 0 Å². The van der Waals surface area contributed by atoms with E-state index in [0.717, 1.165) is 6.42 Å². The van der Waals surface area contributed by atoms with Crippen molar-refractivity contribution in [3.8, 4) is 0 Å². The molecule has 0 aliphatic carbocycles. The molecule has 0 radical (unpaired) electrons. The van der Waals surface area contributed by atoms with Crippen molar-refractivity contribution in [2.75, 3.05) is 5.88 Å². The van der Waals surface area contributed by atoms with Crippen molar-refractivity contribution in [2.45, 2.75) is 20.3 Å². The van der Waals surface area contributed by atoms with E-state index in [-0.39, 0.29) is 0 Å². The Balaban J connectivity index is 3.56. The third kappa shape index (κ3) is 5.64. The summed E-state index contributed by atoms with van der Waals surface area (Å²) < 4.78 is 0. The van der Waals surface area contributed by atoms with Gasteiger partial charge in [0.05, 0.1) is 0 Å². The second-order valence-electron chi connectivity index (χ2n) is 2.35. The molecule has 0 saturated heterocycles. The van der Waals surface area contributed by atoms with E-state index in [9.17, 15) is 0 Å². The Morgan fingerprint density at radius 2 is 2.11 bits per heavy atom. The lowest BCUT2D eigenvalue weighted by Crippen LogP contribution is -1.76. The third-order valence-electron chi connectivity index (χ3n) is 1.01. The van der Waals surface area contributed by atoms with Crippen LogP contribution in [-0.4, -0.2) is 5.88 Å². The highest BCUT2D eigenvalue weighted by molar-refractivity contribution is 6.19. The lowest BCUT2D eigenvalue weighted by molar-refractivity contribution is 1.19. The van der Waals surface area contributed by atoms with E-state index in [1.165, 1.54) is 11.1 Å². The molecule has 0 spiro atoms. The number of halogens is 1. The number of allylic oxidation sites excluding steroid dienone is 3. The van der Waals surface area contributed by atoms with Crippen LogP contribution in [-0.2, 0) is 0 Å². The predicted octanol–water partition coefficient (Wildman–Crippen LogP) is 3.14. The summed E-state index contributed by atoms with van der Waals surface area (Å²) >= 11 is 5.54. The molecule has 0 aliphatic heterocycles. The topological polar surface area (TPSA) is 0 Å². The standard InChI is InChI=1S/C8H13Cl/c1-7(2)4-5-8(3)6-9/h5H,1,4,6H2,2-3H3. The van der Waals surface area contributed by atoms with Gasteiger partial charge in [-0.15, -0.1) is 11.6 Å². The van der Waals surface area contributed by atoms with Gasteiger partial charge in [0.2, 0.25) is 0 Å².